The predicted octanol–water partition coefficient (Wildman–Crippen LogP) is 3.89. The maximum atomic E-state index is 13.6. The van der Waals surface area contributed by atoms with Crippen LogP contribution in [-0.4, -0.2) is 26.2 Å². The molecule has 0 N–H and O–H groups in total. The number of fused-ring (bicyclic) bond motifs is 1. The Hall–Kier alpha value is -2.93. The minimum Gasteiger partial charge on any atom is -0.292 e. The monoisotopic (exact) mass is 434 g/mol. The molecule has 2 aromatic heterocycles. The Labute approximate surface area is 186 Å². The van der Waals surface area contributed by atoms with Gasteiger partial charge in [0.1, 0.15) is 5.82 Å². The van der Waals surface area contributed by atoms with Crippen LogP contribution in [-0.2, 0) is 23.3 Å². The van der Waals surface area contributed by atoms with E-state index in [0.717, 1.165) is 11.3 Å². The molecule has 7 heteroatoms. The van der Waals surface area contributed by atoms with E-state index in [0.29, 0.717) is 29.8 Å². The summed E-state index contributed by atoms with van der Waals surface area (Å²) < 4.78 is 1.63. The summed E-state index contributed by atoms with van der Waals surface area (Å²) in [6.07, 6.45) is 1.69. The van der Waals surface area contributed by atoms with Gasteiger partial charge in [-0.25, -0.2) is 9.97 Å². The Morgan fingerprint density at radius 2 is 1.90 bits per heavy atom. The summed E-state index contributed by atoms with van der Waals surface area (Å²) >= 11 is 1.47. The standard InChI is InChI=1S/C24H26N4O2S/c1-24(2,3)19-13-21(29)28-15-18(16-31-23(28)26-19)22(30)27(20-11-7-8-12-25-20)14-17-9-5-4-6-10-17/h4-13,18H,14-16H2,1-3H3. The van der Waals surface area contributed by atoms with Gasteiger partial charge in [-0.3, -0.25) is 19.1 Å². The maximum absolute atomic E-state index is 13.6. The van der Waals surface area contributed by atoms with Crippen LogP contribution < -0.4 is 10.5 Å². The topological polar surface area (TPSA) is 68.1 Å². The molecule has 1 atom stereocenters. The fourth-order valence-corrected chi connectivity index (χ4v) is 4.60. The van der Waals surface area contributed by atoms with Gasteiger partial charge >= 0.3 is 0 Å². The second kappa shape index (κ2) is 8.67. The van der Waals surface area contributed by atoms with Crippen molar-refractivity contribution in [3.8, 4) is 0 Å². The van der Waals surface area contributed by atoms with E-state index in [4.69, 9.17) is 4.98 Å². The van der Waals surface area contributed by atoms with Gasteiger partial charge in [0, 0.05) is 30.0 Å². The quantitative estimate of drug-likeness (QED) is 0.583. The summed E-state index contributed by atoms with van der Waals surface area (Å²) in [6.45, 7) is 6.89. The minimum atomic E-state index is -0.330. The number of carbonyl (C=O) groups is 1. The van der Waals surface area contributed by atoms with Gasteiger partial charge in [0.05, 0.1) is 18.2 Å². The molecule has 6 nitrogen and oxygen atoms in total. The molecule has 1 aliphatic rings. The van der Waals surface area contributed by atoms with E-state index in [-0.39, 0.29) is 22.8 Å². The Morgan fingerprint density at radius 1 is 1.16 bits per heavy atom. The number of benzene rings is 1. The van der Waals surface area contributed by atoms with E-state index in [1.54, 1.807) is 21.7 Å². The molecule has 4 rings (SSSR count). The zero-order valence-electron chi connectivity index (χ0n) is 18.0. The van der Waals surface area contributed by atoms with Crippen LogP contribution in [0.2, 0.25) is 0 Å². The summed E-state index contributed by atoms with van der Waals surface area (Å²) in [5, 5.41) is 0.689. The molecule has 0 radical (unpaired) electrons. The number of nitrogens with zero attached hydrogens (tertiary/aromatic N) is 4. The fraction of sp³-hybridized carbons (Fsp3) is 0.333. The lowest BCUT2D eigenvalue weighted by molar-refractivity contribution is -0.122. The minimum absolute atomic E-state index is 0.0347. The van der Waals surface area contributed by atoms with Gasteiger partial charge in [0.15, 0.2) is 5.16 Å². The second-order valence-electron chi connectivity index (χ2n) is 8.73. The Balaban J connectivity index is 1.62. The number of hydrogen-bond acceptors (Lipinski definition) is 5. The number of amides is 1. The molecule has 0 fully saturated rings. The molecule has 0 saturated heterocycles. The predicted molar refractivity (Wildman–Crippen MR) is 123 cm³/mol. The number of aromatic nitrogens is 3. The van der Waals surface area contributed by atoms with Crippen LogP contribution in [0.4, 0.5) is 5.82 Å². The molecular weight excluding hydrogens is 408 g/mol. The lowest BCUT2D eigenvalue weighted by Gasteiger charge is -2.30. The lowest BCUT2D eigenvalue weighted by atomic mass is 9.92. The first-order valence-corrected chi connectivity index (χ1v) is 11.3. The van der Waals surface area contributed by atoms with E-state index in [9.17, 15) is 9.59 Å². The molecule has 1 unspecified atom stereocenters. The van der Waals surface area contributed by atoms with Gasteiger partial charge in [-0.05, 0) is 17.7 Å². The SMILES string of the molecule is CC(C)(C)c1cc(=O)n2c(n1)SCC(C(=O)N(Cc1ccccc1)c1ccccn1)C2. The van der Waals surface area contributed by atoms with Crippen LogP contribution in [0.5, 0.6) is 0 Å². The van der Waals surface area contributed by atoms with Gasteiger partial charge in [-0.1, -0.05) is 68.9 Å². The van der Waals surface area contributed by atoms with Crippen molar-refractivity contribution >= 4 is 23.5 Å². The summed E-state index contributed by atoms with van der Waals surface area (Å²) in [6, 6.07) is 17.0. The van der Waals surface area contributed by atoms with Crippen molar-refractivity contribution in [2.75, 3.05) is 10.7 Å². The molecule has 0 saturated carbocycles. The summed E-state index contributed by atoms with van der Waals surface area (Å²) in [5.74, 6) is 0.827. The summed E-state index contributed by atoms with van der Waals surface area (Å²) in [7, 11) is 0. The van der Waals surface area contributed by atoms with E-state index in [1.165, 1.54) is 11.8 Å². The number of thioether (sulfide) groups is 1. The van der Waals surface area contributed by atoms with E-state index < -0.39 is 0 Å². The molecule has 1 aliphatic heterocycles. The third-order valence-electron chi connectivity index (χ3n) is 5.28. The summed E-state index contributed by atoms with van der Waals surface area (Å²) in [5.41, 5.74) is 1.50. The van der Waals surface area contributed by atoms with Crippen molar-refractivity contribution in [3.05, 3.63) is 82.4 Å². The molecule has 3 aromatic rings. The number of anilines is 1. The molecule has 31 heavy (non-hydrogen) atoms. The maximum Gasteiger partial charge on any atom is 0.254 e. The summed E-state index contributed by atoms with van der Waals surface area (Å²) in [4.78, 5) is 37.2. The average molecular weight is 435 g/mol. The van der Waals surface area contributed by atoms with E-state index >= 15 is 0 Å². The smallest absolute Gasteiger partial charge is 0.254 e. The molecule has 0 spiro atoms. The first-order valence-electron chi connectivity index (χ1n) is 10.3. The highest BCUT2D eigenvalue weighted by Crippen LogP contribution is 2.30. The zero-order valence-corrected chi connectivity index (χ0v) is 18.8. The van der Waals surface area contributed by atoms with Crippen LogP contribution in [0.1, 0.15) is 32.0 Å². The van der Waals surface area contributed by atoms with Crippen LogP contribution in [0, 0.1) is 5.92 Å². The first-order chi connectivity index (χ1) is 14.8. The number of carbonyl (C=O) groups excluding carboxylic acids is 1. The average Bonchev–Trinajstić information content (AvgIpc) is 2.77. The van der Waals surface area contributed by atoms with Crippen molar-refractivity contribution in [2.45, 2.75) is 44.4 Å². The van der Waals surface area contributed by atoms with Crippen molar-refractivity contribution in [2.24, 2.45) is 5.92 Å². The van der Waals surface area contributed by atoms with E-state index in [2.05, 4.69) is 4.98 Å². The van der Waals surface area contributed by atoms with Crippen LogP contribution in [0.3, 0.4) is 0 Å². The zero-order chi connectivity index (χ0) is 22.0. The Bertz CT molecular complexity index is 1120. The Kier molecular flexibility index (Phi) is 5.96. The van der Waals surface area contributed by atoms with Crippen LogP contribution in [0.25, 0.3) is 0 Å². The normalized spacial score (nSPS) is 15.9. The lowest BCUT2D eigenvalue weighted by Crippen LogP contribution is -2.43. The van der Waals surface area contributed by atoms with Gasteiger partial charge in [-0.15, -0.1) is 0 Å². The number of pyridine rings is 1. The molecule has 160 valence electrons. The molecule has 3 heterocycles. The number of rotatable bonds is 4. The van der Waals surface area contributed by atoms with Crippen molar-refractivity contribution in [1.82, 2.24) is 14.5 Å². The van der Waals surface area contributed by atoms with Crippen LogP contribution >= 0.6 is 11.8 Å². The molecule has 1 amide bonds. The third-order valence-corrected chi connectivity index (χ3v) is 6.42. The van der Waals surface area contributed by atoms with Crippen molar-refractivity contribution < 1.29 is 4.79 Å². The highest BCUT2D eigenvalue weighted by atomic mass is 32.2. The van der Waals surface area contributed by atoms with E-state index in [1.807, 2.05) is 69.3 Å². The first kappa shape index (κ1) is 21.3. The fourth-order valence-electron chi connectivity index (χ4n) is 3.52. The highest BCUT2D eigenvalue weighted by Gasteiger charge is 2.32. The van der Waals surface area contributed by atoms with Crippen molar-refractivity contribution in [1.29, 1.82) is 0 Å². The number of hydrogen-bond donors (Lipinski definition) is 0. The van der Waals surface area contributed by atoms with Gasteiger partial charge in [-0.2, -0.15) is 0 Å². The molecule has 0 bridgehead atoms. The molecule has 1 aromatic carbocycles. The van der Waals surface area contributed by atoms with Gasteiger partial charge in [0.25, 0.3) is 5.56 Å². The highest BCUT2D eigenvalue weighted by molar-refractivity contribution is 7.99. The molecular formula is C24H26N4O2S. The van der Waals surface area contributed by atoms with Gasteiger partial charge in [0.2, 0.25) is 5.91 Å². The van der Waals surface area contributed by atoms with Gasteiger partial charge < -0.3 is 0 Å². The largest absolute Gasteiger partial charge is 0.292 e. The molecule has 0 aliphatic carbocycles. The third kappa shape index (κ3) is 4.71. The Morgan fingerprint density at radius 3 is 2.58 bits per heavy atom. The second-order valence-corrected chi connectivity index (χ2v) is 9.72. The van der Waals surface area contributed by atoms with Crippen LogP contribution in [0.15, 0.2) is 70.7 Å². The van der Waals surface area contributed by atoms with Crippen molar-refractivity contribution in [3.63, 3.8) is 0 Å².